The Bertz CT molecular complexity index is 284. The molecule has 0 saturated carbocycles. The SMILES string of the molecule is CC(C)Oc1cc(F)cc(CO)c1. The van der Waals surface area contributed by atoms with E-state index in [4.69, 9.17) is 9.84 Å². The molecule has 1 N–H and O–H groups in total. The third-order valence-corrected chi connectivity index (χ3v) is 1.49. The third kappa shape index (κ3) is 3.03. The molecule has 1 aromatic carbocycles. The van der Waals surface area contributed by atoms with Gasteiger partial charge in [-0.15, -0.1) is 0 Å². The molecular formula is C10H13FO2. The van der Waals surface area contributed by atoms with E-state index < -0.39 is 0 Å². The van der Waals surface area contributed by atoms with Gasteiger partial charge in [0.15, 0.2) is 0 Å². The zero-order chi connectivity index (χ0) is 9.84. The molecule has 0 spiro atoms. The first-order valence-corrected chi connectivity index (χ1v) is 4.19. The fourth-order valence-electron chi connectivity index (χ4n) is 1.05. The van der Waals surface area contributed by atoms with Crippen molar-refractivity contribution in [2.45, 2.75) is 26.6 Å². The van der Waals surface area contributed by atoms with Crippen molar-refractivity contribution < 1.29 is 14.2 Å². The Morgan fingerprint density at radius 2 is 2.08 bits per heavy atom. The summed E-state index contributed by atoms with van der Waals surface area (Å²) in [7, 11) is 0. The second kappa shape index (κ2) is 4.23. The summed E-state index contributed by atoms with van der Waals surface area (Å²) in [5.41, 5.74) is 0.524. The van der Waals surface area contributed by atoms with Gasteiger partial charge in [0.05, 0.1) is 12.7 Å². The molecule has 0 aromatic heterocycles. The lowest BCUT2D eigenvalue weighted by Crippen LogP contribution is -2.06. The largest absolute Gasteiger partial charge is 0.491 e. The summed E-state index contributed by atoms with van der Waals surface area (Å²) < 4.78 is 18.2. The van der Waals surface area contributed by atoms with Gasteiger partial charge in [-0.25, -0.2) is 4.39 Å². The van der Waals surface area contributed by atoms with E-state index in [-0.39, 0.29) is 18.5 Å². The molecule has 0 bridgehead atoms. The minimum absolute atomic E-state index is 0.00772. The Morgan fingerprint density at radius 1 is 1.38 bits per heavy atom. The number of aliphatic hydroxyl groups excluding tert-OH is 1. The summed E-state index contributed by atoms with van der Waals surface area (Å²) in [6.45, 7) is 3.55. The highest BCUT2D eigenvalue weighted by atomic mass is 19.1. The molecule has 0 aliphatic carbocycles. The lowest BCUT2D eigenvalue weighted by molar-refractivity contribution is 0.239. The zero-order valence-electron chi connectivity index (χ0n) is 7.75. The standard InChI is InChI=1S/C10H13FO2/c1-7(2)13-10-4-8(6-12)3-9(11)5-10/h3-5,7,12H,6H2,1-2H3. The van der Waals surface area contributed by atoms with Crippen LogP contribution in [0.3, 0.4) is 0 Å². The molecule has 0 atom stereocenters. The molecule has 1 rings (SSSR count). The molecule has 0 radical (unpaired) electrons. The maximum Gasteiger partial charge on any atom is 0.127 e. The van der Waals surface area contributed by atoms with E-state index in [1.807, 2.05) is 13.8 Å². The smallest absolute Gasteiger partial charge is 0.127 e. The molecule has 1 aromatic rings. The summed E-state index contributed by atoms with van der Waals surface area (Å²) >= 11 is 0. The number of rotatable bonds is 3. The van der Waals surface area contributed by atoms with Crippen molar-refractivity contribution in [1.29, 1.82) is 0 Å². The van der Waals surface area contributed by atoms with Gasteiger partial charge in [-0.05, 0) is 31.5 Å². The quantitative estimate of drug-likeness (QED) is 0.779. The fraction of sp³-hybridized carbons (Fsp3) is 0.400. The minimum atomic E-state index is -0.387. The van der Waals surface area contributed by atoms with Crippen LogP contribution in [0.4, 0.5) is 4.39 Å². The van der Waals surface area contributed by atoms with Crippen molar-refractivity contribution in [3.05, 3.63) is 29.6 Å². The van der Waals surface area contributed by atoms with Crippen molar-refractivity contribution in [2.24, 2.45) is 0 Å². The topological polar surface area (TPSA) is 29.5 Å². The van der Waals surface area contributed by atoms with Crippen molar-refractivity contribution in [2.75, 3.05) is 0 Å². The maximum absolute atomic E-state index is 12.9. The molecule has 0 unspecified atom stereocenters. The van der Waals surface area contributed by atoms with Crippen LogP contribution in [0, 0.1) is 5.82 Å². The van der Waals surface area contributed by atoms with E-state index in [2.05, 4.69) is 0 Å². The van der Waals surface area contributed by atoms with Crippen LogP contribution in [0.15, 0.2) is 18.2 Å². The van der Waals surface area contributed by atoms with E-state index in [0.717, 1.165) is 0 Å². The lowest BCUT2D eigenvalue weighted by atomic mass is 10.2. The first kappa shape index (κ1) is 9.99. The Labute approximate surface area is 77.0 Å². The molecule has 0 saturated heterocycles. The Morgan fingerprint density at radius 3 is 2.62 bits per heavy atom. The molecule has 0 aliphatic heterocycles. The first-order chi connectivity index (χ1) is 6.11. The molecular weight excluding hydrogens is 171 g/mol. The van der Waals surface area contributed by atoms with Gasteiger partial charge in [-0.3, -0.25) is 0 Å². The van der Waals surface area contributed by atoms with Crippen molar-refractivity contribution >= 4 is 0 Å². The normalized spacial score (nSPS) is 10.5. The van der Waals surface area contributed by atoms with Crippen LogP contribution >= 0.6 is 0 Å². The molecule has 0 fully saturated rings. The van der Waals surface area contributed by atoms with Gasteiger partial charge in [0, 0.05) is 6.07 Å². The second-order valence-electron chi connectivity index (χ2n) is 3.12. The fourth-order valence-corrected chi connectivity index (χ4v) is 1.05. The van der Waals surface area contributed by atoms with Gasteiger partial charge in [0.1, 0.15) is 11.6 Å². The molecule has 0 heterocycles. The van der Waals surface area contributed by atoms with Crippen LogP contribution in [0.5, 0.6) is 5.75 Å². The van der Waals surface area contributed by atoms with E-state index >= 15 is 0 Å². The molecule has 13 heavy (non-hydrogen) atoms. The summed E-state index contributed by atoms with van der Waals surface area (Å²) in [5, 5.41) is 8.80. The number of aliphatic hydroxyl groups is 1. The van der Waals surface area contributed by atoms with Gasteiger partial charge in [-0.1, -0.05) is 0 Å². The second-order valence-corrected chi connectivity index (χ2v) is 3.12. The van der Waals surface area contributed by atoms with Gasteiger partial charge < -0.3 is 9.84 Å². The van der Waals surface area contributed by atoms with Crippen LogP contribution in [0.25, 0.3) is 0 Å². The highest BCUT2D eigenvalue weighted by molar-refractivity contribution is 5.29. The van der Waals surface area contributed by atoms with Gasteiger partial charge >= 0.3 is 0 Å². The minimum Gasteiger partial charge on any atom is -0.491 e. The summed E-state index contributed by atoms with van der Waals surface area (Å²) in [6.07, 6.45) is 0.00772. The van der Waals surface area contributed by atoms with E-state index in [1.165, 1.54) is 12.1 Å². The van der Waals surface area contributed by atoms with Crippen molar-refractivity contribution in [1.82, 2.24) is 0 Å². The molecule has 2 nitrogen and oxygen atoms in total. The predicted molar refractivity (Wildman–Crippen MR) is 48.1 cm³/mol. The van der Waals surface area contributed by atoms with Gasteiger partial charge in [0.2, 0.25) is 0 Å². The molecule has 3 heteroatoms. The Balaban J connectivity index is 2.88. The summed E-state index contributed by atoms with van der Waals surface area (Å²) in [5.74, 6) is 0.0706. The van der Waals surface area contributed by atoms with Crippen LogP contribution in [0.2, 0.25) is 0 Å². The molecule has 0 aliphatic rings. The average molecular weight is 184 g/mol. The maximum atomic E-state index is 12.9. The Hall–Kier alpha value is -1.09. The van der Waals surface area contributed by atoms with E-state index in [0.29, 0.717) is 11.3 Å². The number of ether oxygens (including phenoxy) is 1. The predicted octanol–water partition coefficient (Wildman–Crippen LogP) is 2.11. The number of hydrogen-bond donors (Lipinski definition) is 1. The highest BCUT2D eigenvalue weighted by Crippen LogP contribution is 2.17. The summed E-state index contributed by atoms with van der Waals surface area (Å²) in [4.78, 5) is 0. The first-order valence-electron chi connectivity index (χ1n) is 4.19. The average Bonchev–Trinajstić information content (AvgIpc) is 2.01. The van der Waals surface area contributed by atoms with E-state index in [1.54, 1.807) is 6.07 Å². The zero-order valence-corrected chi connectivity index (χ0v) is 7.75. The molecule has 0 amide bonds. The molecule has 72 valence electrons. The number of halogens is 1. The van der Waals surface area contributed by atoms with Crippen molar-refractivity contribution in [3.63, 3.8) is 0 Å². The lowest BCUT2D eigenvalue weighted by Gasteiger charge is -2.10. The number of benzene rings is 1. The highest BCUT2D eigenvalue weighted by Gasteiger charge is 2.02. The van der Waals surface area contributed by atoms with Crippen LogP contribution < -0.4 is 4.74 Å². The summed E-state index contributed by atoms with van der Waals surface area (Å²) in [6, 6.07) is 4.22. The Kier molecular flexibility index (Phi) is 3.25. The monoisotopic (exact) mass is 184 g/mol. The van der Waals surface area contributed by atoms with Crippen LogP contribution in [0.1, 0.15) is 19.4 Å². The van der Waals surface area contributed by atoms with Gasteiger partial charge in [0.25, 0.3) is 0 Å². The van der Waals surface area contributed by atoms with Crippen molar-refractivity contribution in [3.8, 4) is 5.75 Å². The van der Waals surface area contributed by atoms with Gasteiger partial charge in [-0.2, -0.15) is 0 Å². The van der Waals surface area contributed by atoms with Crippen LogP contribution in [-0.4, -0.2) is 11.2 Å². The third-order valence-electron chi connectivity index (χ3n) is 1.49. The van der Waals surface area contributed by atoms with Crippen LogP contribution in [-0.2, 0) is 6.61 Å². The number of hydrogen-bond acceptors (Lipinski definition) is 2. The van der Waals surface area contributed by atoms with E-state index in [9.17, 15) is 4.39 Å².